The van der Waals surface area contributed by atoms with E-state index in [1.807, 2.05) is 70.7 Å². The lowest BCUT2D eigenvalue weighted by molar-refractivity contribution is 0.296. The molecular formula is C19H21N3O. The number of imidazole rings is 1. The lowest BCUT2D eigenvalue weighted by Gasteiger charge is -2.08. The van der Waals surface area contributed by atoms with Gasteiger partial charge in [0.2, 0.25) is 5.62 Å². The van der Waals surface area contributed by atoms with Crippen LogP contribution in [0, 0.1) is 12.3 Å². The quantitative estimate of drug-likeness (QED) is 0.696. The molecule has 0 saturated heterocycles. The van der Waals surface area contributed by atoms with E-state index in [2.05, 4.69) is 6.58 Å². The molecule has 0 radical (unpaired) electrons. The predicted octanol–water partition coefficient (Wildman–Crippen LogP) is 3.50. The molecule has 0 spiro atoms. The van der Waals surface area contributed by atoms with E-state index in [4.69, 9.17) is 10.1 Å². The first-order chi connectivity index (χ1) is 11.2. The van der Waals surface area contributed by atoms with Gasteiger partial charge in [0.25, 0.3) is 0 Å². The highest BCUT2D eigenvalue weighted by Crippen LogP contribution is 2.14. The van der Waals surface area contributed by atoms with Crippen molar-refractivity contribution in [2.45, 2.75) is 20.0 Å². The highest BCUT2D eigenvalue weighted by molar-refractivity contribution is 5.75. The van der Waals surface area contributed by atoms with Crippen molar-refractivity contribution in [2.24, 2.45) is 0 Å². The van der Waals surface area contributed by atoms with E-state index in [1.165, 1.54) is 5.56 Å². The second-order valence-electron chi connectivity index (χ2n) is 5.53. The number of rotatable bonds is 6. The molecule has 0 aliphatic heterocycles. The molecule has 0 unspecified atom stereocenters. The Morgan fingerprint density at radius 2 is 1.83 bits per heavy atom. The summed E-state index contributed by atoms with van der Waals surface area (Å²) >= 11 is 0. The molecular weight excluding hydrogens is 286 g/mol. The van der Waals surface area contributed by atoms with Crippen LogP contribution in [0.5, 0.6) is 5.75 Å². The summed E-state index contributed by atoms with van der Waals surface area (Å²) in [6.07, 6.45) is 1.82. The van der Waals surface area contributed by atoms with Crippen LogP contribution in [0.3, 0.4) is 0 Å². The van der Waals surface area contributed by atoms with Gasteiger partial charge >= 0.3 is 0 Å². The number of nitrogens with zero attached hydrogens (tertiary/aromatic N) is 2. The summed E-state index contributed by atoms with van der Waals surface area (Å²) in [5.41, 5.74) is 3.75. The monoisotopic (exact) mass is 307 g/mol. The number of fused-ring (bicyclic) bond motifs is 1. The normalized spacial score (nSPS) is 10.8. The third-order valence-corrected chi connectivity index (χ3v) is 3.86. The Morgan fingerprint density at radius 1 is 1.09 bits per heavy atom. The second-order valence-corrected chi connectivity index (χ2v) is 5.53. The van der Waals surface area contributed by atoms with Gasteiger partial charge in [0.05, 0.1) is 17.6 Å². The van der Waals surface area contributed by atoms with Crippen molar-refractivity contribution in [3.63, 3.8) is 0 Å². The van der Waals surface area contributed by atoms with Gasteiger partial charge in [-0.05, 0) is 36.8 Å². The van der Waals surface area contributed by atoms with E-state index in [1.54, 1.807) is 0 Å². The van der Waals surface area contributed by atoms with Crippen molar-refractivity contribution in [3.8, 4) is 5.75 Å². The van der Waals surface area contributed by atoms with Crippen LogP contribution in [0.15, 0.2) is 61.2 Å². The number of nitrogens with one attached hydrogen (secondary N) is 1. The van der Waals surface area contributed by atoms with Crippen molar-refractivity contribution in [1.29, 1.82) is 5.41 Å². The maximum absolute atomic E-state index is 8.42. The van der Waals surface area contributed by atoms with Gasteiger partial charge < -0.3 is 13.9 Å². The number of hydrogen-bond donors (Lipinski definition) is 1. The van der Waals surface area contributed by atoms with Crippen molar-refractivity contribution >= 4 is 11.0 Å². The van der Waals surface area contributed by atoms with Crippen LogP contribution in [0.4, 0.5) is 0 Å². The van der Waals surface area contributed by atoms with Gasteiger partial charge in [-0.2, -0.15) is 0 Å². The highest BCUT2D eigenvalue weighted by Gasteiger charge is 2.09. The first kappa shape index (κ1) is 15.2. The summed E-state index contributed by atoms with van der Waals surface area (Å²) in [7, 11) is 0. The lowest BCUT2D eigenvalue weighted by Crippen LogP contribution is -2.26. The molecule has 0 atom stereocenters. The van der Waals surface area contributed by atoms with E-state index >= 15 is 0 Å². The average Bonchev–Trinajstić information content (AvgIpc) is 2.81. The van der Waals surface area contributed by atoms with Crippen LogP contribution >= 0.6 is 0 Å². The molecule has 1 N–H and O–H groups in total. The van der Waals surface area contributed by atoms with Gasteiger partial charge in [0.15, 0.2) is 0 Å². The van der Waals surface area contributed by atoms with E-state index in [0.717, 1.165) is 16.8 Å². The number of benzene rings is 2. The predicted molar refractivity (Wildman–Crippen MR) is 92.7 cm³/mol. The minimum absolute atomic E-state index is 0.471. The molecule has 0 saturated carbocycles. The molecule has 118 valence electrons. The maximum atomic E-state index is 8.42. The summed E-state index contributed by atoms with van der Waals surface area (Å²) < 4.78 is 9.76. The molecule has 0 bridgehead atoms. The van der Waals surface area contributed by atoms with Gasteiger partial charge in [0, 0.05) is 6.54 Å². The van der Waals surface area contributed by atoms with Gasteiger partial charge in [-0.25, -0.2) is 0 Å². The van der Waals surface area contributed by atoms with Gasteiger partial charge in [-0.1, -0.05) is 30.3 Å². The third-order valence-electron chi connectivity index (χ3n) is 3.86. The van der Waals surface area contributed by atoms with E-state index in [-0.39, 0.29) is 0 Å². The zero-order valence-electron chi connectivity index (χ0n) is 13.3. The fourth-order valence-electron chi connectivity index (χ4n) is 2.79. The van der Waals surface area contributed by atoms with Gasteiger partial charge in [-0.3, -0.25) is 5.41 Å². The van der Waals surface area contributed by atoms with Crippen molar-refractivity contribution in [3.05, 3.63) is 72.4 Å². The lowest BCUT2D eigenvalue weighted by atomic mass is 10.2. The van der Waals surface area contributed by atoms with Crippen LogP contribution in [0.25, 0.3) is 11.0 Å². The van der Waals surface area contributed by atoms with Crippen LogP contribution in [0.1, 0.15) is 5.56 Å². The Balaban J connectivity index is 1.84. The molecule has 3 aromatic rings. The van der Waals surface area contributed by atoms with Crippen LogP contribution < -0.4 is 10.4 Å². The second kappa shape index (κ2) is 6.57. The van der Waals surface area contributed by atoms with E-state index < -0.39 is 0 Å². The minimum atomic E-state index is 0.471. The number of aromatic nitrogens is 2. The molecule has 1 heterocycles. The number of para-hydroxylation sites is 2. The SMILES string of the molecule is C=CCn1c(=N)n(CCOc2cccc(C)c2)c2ccccc21. The smallest absolute Gasteiger partial charge is 0.203 e. The molecule has 0 aliphatic rings. The average molecular weight is 307 g/mol. The van der Waals surface area contributed by atoms with Crippen molar-refractivity contribution in [1.82, 2.24) is 9.13 Å². The Labute approximate surface area is 135 Å². The zero-order chi connectivity index (χ0) is 16.2. The molecule has 23 heavy (non-hydrogen) atoms. The zero-order valence-corrected chi connectivity index (χ0v) is 13.3. The highest BCUT2D eigenvalue weighted by atomic mass is 16.5. The largest absolute Gasteiger partial charge is 0.492 e. The number of aryl methyl sites for hydroxylation is 1. The summed E-state index contributed by atoms with van der Waals surface area (Å²) in [5, 5.41) is 8.42. The molecule has 3 rings (SSSR count). The Bertz CT molecular complexity index is 889. The number of ether oxygens (including phenoxy) is 1. The summed E-state index contributed by atoms with van der Waals surface area (Å²) in [6, 6.07) is 16.1. The maximum Gasteiger partial charge on any atom is 0.203 e. The van der Waals surface area contributed by atoms with E-state index in [0.29, 0.717) is 25.3 Å². The number of allylic oxidation sites excluding steroid dienone is 1. The Kier molecular flexibility index (Phi) is 4.33. The van der Waals surface area contributed by atoms with Crippen LogP contribution in [-0.2, 0) is 13.1 Å². The standard InChI is InChI=1S/C19H21N3O/c1-3-11-21-17-9-4-5-10-18(17)22(19(21)20)12-13-23-16-8-6-7-15(2)14-16/h3-10,14,20H,1,11-13H2,2H3. The third kappa shape index (κ3) is 3.06. The van der Waals surface area contributed by atoms with E-state index in [9.17, 15) is 0 Å². The fourth-order valence-corrected chi connectivity index (χ4v) is 2.79. The van der Waals surface area contributed by atoms with Gasteiger partial charge in [-0.15, -0.1) is 6.58 Å². The first-order valence-corrected chi connectivity index (χ1v) is 7.73. The summed E-state index contributed by atoms with van der Waals surface area (Å²) in [6.45, 7) is 7.63. The minimum Gasteiger partial charge on any atom is -0.492 e. The van der Waals surface area contributed by atoms with Crippen LogP contribution in [-0.4, -0.2) is 15.7 Å². The van der Waals surface area contributed by atoms with Crippen molar-refractivity contribution < 1.29 is 4.74 Å². The Hall–Kier alpha value is -2.75. The van der Waals surface area contributed by atoms with Crippen molar-refractivity contribution in [2.75, 3.05) is 6.61 Å². The molecule has 4 heteroatoms. The first-order valence-electron chi connectivity index (χ1n) is 7.73. The van der Waals surface area contributed by atoms with Crippen LogP contribution in [0.2, 0.25) is 0 Å². The molecule has 2 aromatic carbocycles. The Morgan fingerprint density at radius 3 is 2.52 bits per heavy atom. The molecule has 1 aromatic heterocycles. The molecule has 0 aliphatic carbocycles. The molecule has 0 fully saturated rings. The molecule has 4 nitrogen and oxygen atoms in total. The fraction of sp³-hybridized carbons (Fsp3) is 0.211. The van der Waals surface area contributed by atoms with Gasteiger partial charge in [0.1, 0.15) is 12.4 Å². The molecule has 0 amide bonds. The summed E-state index contributed by atoms with van der Waals surface area (Å²) in [5.74, 6) is 0.868. The topological polar surface area (TPSA) is 42.9 Å². The number of hydrogen-bond acceptors (Lipinski definition) is 2. The summed E-state index contributed by atoms with van der Waals surface area (Å²) in [4.78, 5) is 0.